The fourth-order valence-electron chi connectivity index (χ4n) is 1.11. The first-order valence-corrected chi connectivity index (χ1v) is 5.86. The van der Waals surface area contributed by atoms with Crippen molar-refractivity contribution in [2.75, 3.05) is 0 Å². The Morgan fingerprint density at radius 3 is 2.18 bits per heavy atom. The summed E-state index contributed by atoms with van der Waals surface area (Å²) in [6, 6.07) is 1.66. The van der Waals surface area contributed by atoms with Crippen molar-refractivity contribution < 1.29 is 13.2 Å². The van der Waals surface area contributed by atoms with Crippen molar-refractivity contribution in [1.82, 2.24) is 0 Å². The van der Waals surface area contributed by atoms with Gasteiger partial charge in [-0.05, 0) is 51.8 Å². The summed E-state index contributed by atoms with van der Waals surface area (Å²) in [6.45, 7) is 7.23. The van der Waals surface area contributed by atoms with Gasteiger partial charge in [0.25, 0.3) is 0 Å². The molecule has 0 aliphatic heterocycles. The molecule has 1 aromatic rings. The minimum atomic E-state index is -1.19. The SMILES string of the molecule is CC(=NSC(C)(C)C)c1c(F)ccc(F)c1F. The molecule has 0 radical (unpaired) electrons. The van der Waals surface area contributed by atoms with Gasteiger partial charge in [-0.15, -0.1) is 0 Å². The molecule has 0 amide bonds. The van der Waals surface area contributed by atoms with E-state index < -0.39 is 23.0 Å². The van der Waals surface area contributed by atoms with E-state index in [1.54, 1.807) is 0 Å². The first-order chi connectivity index (χ1) is 7.72. The lowest BCUT2D eigenvalue weighted by molar-refractivity contribution is 0.492. The van der Waals surface area contributed by atoms with Crippen LogP contribution in [-0.2, 0) is 0 Å². The van der Waals surface area contributed by atoms with E-state index >= 15 is 0 Å². The van der Waals surface area contributed by atoms with Gasteiger partial charge in [-0.25, -0.2) is 17.6 Å². The number of hydrogen-bond acceptors (Lipinski definition) is 2. The van der Waals surface area contributed by atoms with E-state index in [0.717, 1.165) is 12.1 Å². The fraction of sp³-hybridized carbons (Fsp3) is 0.417. The molecule has 94 valence electrons. The largest absolute Gasteiger partial charge is 0.220 e. The van der Waals surface area contributed by atoms with E-state index in [0.29, 0.717) is 0 Å². The Morgan fingerprint density at radius 1 is 1.12 bits per heavy atom. The van der Waals surface area contributed by atoms with Gasteiger partial charge >= 0.3 is 0 Å². The van der Waals surface area contributed by atoms with Gasteiger partial charge in [0.1, 0.15) is 5.82 Å². The number of nitrogens with zero attached hydrogens (tertiary/aromatic N) is 1. The zero-order valence-corrected chi connectivity index (χ0v) is 11.0. The van der Waals surface area contributed by atoms with Crippen LogP contribution in [0.15, 0.2) is 16.5 Å². The molecule has 0 N–H and O–H groups in total. The number of benzene rings is 1. The highest BCUT2D eigenvalue weighted by Gasteiger charge is 2.17. The molecular formula is C12H14F3NS. The standard InChI is InChI=1S/C12H14F3NS/c1-7(16-17-12(2,3)4)10-8(13)5-6-9(14)11(10)15/h5-6H,1-4H3. The van der Waals surface area contributed by atoms with Crippen molar-refractivity contribution in [1.29, 1.82) is 0 Å². The number of rotatable bonds is 2. The topological polar surface area (TPSA) is 12.4 Å². The van der Waals surface area contributed by atoms with Crippen molar-refractivity contribution in [2.45, 2.75) is 32.4 Å². The predicted molar refractivity (Wildman–Crippen MR) is 65.9 cm³/mol. The van der Waals surface area contributed by atoms with Crippen molar-refractivity contribution in [3.63, 3.8) is 0 Å². The Labute approximate surface area is 103 Å². The zero-order valence-electron chi connectivity index (χ0n) is 10.1. The molecule has 1 aromatic carbocycles. The molecule has 1 rings (SSSR count). The highest BCUT2D eigenvalue weighted by Crippen LogP contribution is 2.26. The van der Waals surface area contributed by atoms with E-state index in [9.17, 15) is 13.2 Å². The van der Waals surface area contributed by atoms with Crippen LogP contribution >= 0.6 is 11.9 Å². The van der Waals surface area contributed by atoms with E-state index in [1.165, 1.54) is 18.9 Å². The summed E-state index contributed by atoms with van der Waals surface area (Å²) in [6.07, 6.45) is 0. The molecule has 5 heteroatoms. The molecule has 0 unspecified atom stereocenters. The minimum Gasteiger partial charge on any atom is -0.220 e. The summed E-state index contributed by atoms with van der Waals surface area (Å²) < 4.78 is 43.7. The first kappa shape index (κ1) is 14.1. The lowest BCUT2D eigenvalue weighted by atomic mass is 10.1. The van der Waals surface area contributed by atoms with Crippen LogP contribution in [0.2, 0.25) is 0 Å². The average Bonchev–Trinajstić information content (AvgIpc) is 2.20. The highest BCUT2D eigenvalue weighted by molar-refractivity contribution is 7.99. The minimum absolute atomic E-state index is 0.138. The Morgan fingerprint density at radius 2 is 1.65 bits per heavy atom. The molecule has 0 aliphatic carbocycles. The maximum atomic E-state index is 13.4. The van der Waals surface area contributed by atoms with Crippen LogP contribution in [-0.4, -0.2) is 10.5 Å². The second-order valence-corrected chi connectivity index (χ2v) is 6.19. The highest BCUT2D eigenvalue weighted by atomic mass is 32.2. The summed E-state index contributed by atoms with van der Waals surface area (Å²) in [5.74, 6) is -3.07. The molecule has 0 saturated carbocycles. The van der Waals surface area contributed by atoms with E-state index in [-0.39, 0.29) is 10.5 Å². The van der Waals surface area contributed by atoms with Crippen LogP contribution in [0.3, 0.4) is 0 Å². The molecule has 17 heavy (non-hydrogen) atoms. The second kappa shape index (κ2) is 5.12. The van der Waals surface area contributed by atoms with E-state index in [4.69, 9.17) is 0 Å². The Balaban J connectivity index is 3.12. The van der Waals surface area contributed by atoms with Gasteiger partial charge in [-0.3, -0.25) is 0 Å². The van der Waals surface area contributed by atoms with Gasteiger partial charge in [0.05, 0.1) is 11.3 Å². The van der Waals surface area contributed by atoms with Crippen molar-refractivity contribution >= 4 is 17.7 Å². The second-order valence-electron chi connectivity index (χ2n) is 4.60. The van der Waals surface area contributed by atoms with Crippen LogP contribution in [0.4, 0.5) is 13.2 Å². The maximum Gasteiger partial charge on any atom is 0.170 e. The van der Waals surface area contributed by atoms with E-state index in [2.05, 4.69) is 4.40 Å². The van der Waals surface area contributed by atoms with Crippen LogP contribution in [0.1, 0.15) is 33.3 Å². The van der Waals surface area contributed by atoms with Gasteiger partial charge in [0, 0.05) is 4.75 Å². The summed E-state index contributed by atoms with van der Waals surface area (Å²) in [5.41, 5.74) is -0.263. The van der Waals surface area contributed by atoms with E-state index in [1.807, 2.05) is 20.8 Å². The maximum absolute atomic E-state index is 13.4. The smallest absolute Gasteiger partial charge is 0.170 e. The summed E-state index contributed by atoms with van der Waals surface area (Å²) in [7, 11) is 0. The lowest BCUT2D eigenvalue weighted by Crippen LogP contribution is -2.08. The summed E-state index contributed by atoms with van der Waals surface area (Å²) in [5, 5.41) is 0. The van der Waals surface area contributed by atoms with Crippen LogP contribution in [0.25, 0.3) is 0 Å². The molecule has 0 saturated heterocycles. The molecule has 0 atom stereocenters. The molecule has 0 aromatic heterocycles. The number of halogens is 3. The molecule has 0 aliphatic rings. The van der Waals surface area contributed by atoms with Gasteiger partial charge in [0.2, 0.25) is 0 Å². The lowest BCUT2D eigenvalue weighted by Gasteiger charge is -2.14. The van der Waals surface area contributed by atoms with Crippen LogP contribution in [0.5, 0.6) is 0 Å². The van der Waals surface area contributed by atoms with Gasteiger partial charge in [-0.1, -0.05) is 0 Å². The quantitative estimate of drug-likeness (QED) is 0.438. The Hall–Kier alpha value is -0.970. The Kier molecular flexibility index (Phi) is 4.25. The Bertz CT molecular complexity index is 450. The zero-order chi connectivity index (χ0) is 13.2. The molecule has 0 fully saturated rings. The molecule has 0 heterocycles. The normalized spacial score (nSPS) is 13.0. The molecular weight excluding hydrogens is 247 g/mol. The van der Waals surface area contributed by atoms with Gasteiger partial charge < -0.3 is 0 Å². The molecule has 0 spiro atoms. The van der Waals surface area contributed by atoms with Crippen molar-refractivity contribution in [3.05, 3.63) is 35.1 Å². The third-order valence-electron chi connectivity index (χ3n) is 1.86. The van der Waals surface area contributed by atoms with Gasteiger partial charge in [-0.2, -0.15) is 0 Å². The number of hydrogen-bond donors (Lipinski definition) is 0. The third-order valence-corrected chi connectivity index (χ3v) is 2.78. The summed E-state index contributed by atoms with van der Waals surface area (Å²) in [4.78, 5) is 0. The molecule has 1 nitrogen and oxygen atoms in total. The first-order valence-electron chi connectivity index (χ1n) is 5.09. The molecule has 0 bridgehead atoms. The average molecular weight is 261 g/mol. The predicted octanol–water partition coefficient (Wildman–Crippen LogP) is 4.36. The van der Waals surface area contributed by atoms with Crippen molar-refractivity contribution in [2.24, 2.45) is 4.40 Å². The van der Waals surface area contributed by atoms with Gasteiger partial charge in [0.15, 0.2) is 11.6 Å². The summed E-state index contributed by atoms with van der Waals surface area (Å²) >= 11 is 1.19. The third kappa shape index (κ3) is 3.77. The van der Waals surface area contributed by atoms with Crippen LogP contribution < -0.4 is 0 Å². The fourth-order valence-corrected chi connectivity index (χ4v) is 1.61. The van der Waals surface area contributed by atoms with Crippen molar-refractivity contribution in [3.8, 4) is 0 Å². The monoisotopic (exact) mass is 261 g/mol. The van der Waals surface area contributed by atoms with Crippen LogP contribution in [0, 0.1) is 17.5 Å².